The minimum Gasteiger partial charge on any atom is -0.461 e. The Kier molecular flexibility index (Phi) is 32.8. The van der Waals surface area contributed by atoms with Crippen LogP contribution in [0.3, 0.4) is 0 Å². The summed E-state index contributed by atoms with van der Waals surface area (Å²) in [6, 6.07) is 3.50. The molecule has 1 aliphatic rings. The Balaban J connectivity index is 0.000000443. The summed E-state index contributed by atoms with van der Waals surface area (Å²) in [5.41, 5.74) is -6.76. The molecule has 0 saturated heterocycles. The quantitative estimate of drug-likeness (QED) is 0.0186. The molecule has 450 valence electrons. The number of unbranched alkanes of at least 4 members (excludes halogenated alkanes) is 26. The number of hydrogen-bond acceptors (Lipinski definition) is 2. The lowest BCUT2D eigenvalue weighted by molar-refractivity contribution is -0.0441. The number of hydrogen-bond donors (Lipinski definition) is 0. The van der Waals surface area contributed by atoms with E-state index in [0.29, 0.717) is 12.1 Å². The number of allylic oxidation sites excluding steroid dienone is 2. The Labute approximate surface area is 471 Å². The van der Waals surface area contributed by atoms with Crippen LogP contribution in [0.2, 0.25) is 10.6 Å². The van der Waals surface area contributed by atoms with Crippen LogP contribution >= 0.6 is 0 Å². The van der Waals surface area contributed by atoms with Crippen molar-refractivity contribution in [3.05, 3.63) is 117 Å². The summed E-state index contributed by atoms with van der Waals surface area (Å²) in [5, 5.41) is -4.79. The number of benzene rings is 3. The van der Waals surface area contributed by atoms with Gasteiger partial charge in [-0.25, -0.2) is 61.5 Å². The molecule has 3 aromatic rings. The zero-order valence-corrected chi connectivity index (χ0v) is 48.8. The van der Waals surface area contributed by atoms with E-state index in [0.717, 1.165) is 18.2 Å². The molecule has 0 heterocycles. The van der Waals surface area contributed by atoms with Gasteiger partial charge < -0.3 is 8.69 Å². The van der Waals surface area contributed by atoms with E-state index in [1.807, 2.05) is 0 Å². The normalized spacial score (nSPS) is 16.5. The molecule has 2 nitrogen and oxygen atoms in total. The maximum absolute atomic E-state index is 16.6. The highest BCUT2D eigenvalue weighted by atomic mass is 27.2. The molecule has 0 bridgehead atoms. The molecular formula is C61H84AlBF15NO. The van der Waals surface area contributed by atoms with Crippen molar-refractivity contribution in [2.45, 2.75) is 229 Å². The Bertz CT molecular complexity index is 2180. The summed E-state index contributed by atoms with van der Waals surface area (Å²) in [5.74, 6) is -47.4. The maximum atomic E-state index is 16.6. The Morgan fingerprint density at radius 1 is 0.375 bits per heavy atom. The van der Waals surface area contributed by atoms with Gasteiger partial charge in [-0.05, 0) is 38.5 Å². The van der Waals surface area contributed by atoms with Crippen molar-refractivity contribution in [2.24, 2.45) is 0 Å². The number of rotatable bonds is 38. The lowest BCUT2D eigenvalue weighted by Gasteiger charge is -2.43. The second-order valence-electron chi connectivity index (χ2n) is 21.5. The van der Waals surface area contributed by atoms with E-state index in [9.17, 15) is 26.3 Å². The molecular weight excluding hydrogens is 1090 g/mol. The molecule has 80 heavy (non-hydrogen) atoms. The molecule has 0 fully saturated rings. The molecule has 3 aromatic carbocycles. The number of alkyl halides is 1. The Morgan fingerprint density at radius 3 is 0.912 bits per heavy atom. The van der Waals surface area contributed by atoms with Gasteiger partial charge in [0.1, 0.15) is 11.7 Å². The maximum Gasteiger partial charge on any atom is 0.463 e. The van der Waals surface area contributed by atoms with Crippen molar-refractivity contribution in [3.8, 4) is 0 Å². The third-order valence-electron chi connectivity index (χ3n) is 15.4. The van der Waals surface area contributed by atoms with Crippen LogP contribution in [0.15, 0.2) is 53.6 Å². The Hall–Kier alpha value is -3.39. The molecule has 0 amide bonds. The van der Waals surface area contributed by atoms with Crippen LogP contribution in [0.1, 0.15) is 213 Å². The van der Waals surface area contributed by atoms with E-state index in [-0.39, 0.29) is 10.6 Å². The smallest absolute Gasteiger partial charge is 0.461 e. The SMILES string of the molecule is CCCCCCCCCCCCCCCCN(C)CCCCCCCCCCCCCCCC.C[CH2][Al]([CH2]C)[O]C1(F)C(F)=C(F)C(B(c2c(F)c(F)c(F)c(F)c2F)c2c(F)c(F)c(F)c(F)c2F)(c2ccccc2)C(F)=C1F. The van der Waals surface area contributed by atoms with E-state index in [1.165, 1.54) is 207 Å². The fourth-order valence-corrected chi connectivity index (χ4v) is 12.2. The molecule has 0 spiro atoms. The molecule has 0 aromatic heterocycles. The van der Waals surface area contributed by atoms with Crippen LogP contribution in [-0.2, 0) is 9.10 Å². The van der Waals surface area contributed by atoms with Crippen molar-refractivity contribution in [2.75, 3.05) is 20.1 Å². The van der Waals surface area contributed by atoms with Crippen molar-refractivity contribution in [1.82, 2.24) is 4.90 Å². The average molecular weight is 1170 g/mol. The second kappa shape index (κ2) is 37.0. The van der Waals surface area contributed by atoms with E-state index in [1.54, 1.807) is 0 Å². The van der Waals surface area contributed by atoms with E-state index in [2.05, 4.69) is 25.8 Å². The van der Waals surface area contributed by atoms with E-state index in [4.69, 9.17) is 3.79 Å². The molecule has 0 N–H and O–H groups in total. The zero-order valence-electron chi connectivity index (χ0n) is 47.7. The summed E-state index contributed by atoms with van der Waals surface area (Å²) in [7, 11) is 2.34. The topological polar surface area (TPSA) is 12.5 Å². The van der Waals surface area contributed by atoms with Gasteiger partial charge in [0.05, 0.1) is 5.31 Å². The third-order valence-corrected chi connectivity index (χ3v) is 17.9. The van der Waals surface area contributed by atoms with Gasteiger partial charge in [-0.15, -0.1) is 0 Å². The first-order valence-corrected chi connectivity index (χ1v) is 31.6. The van der Waals surface area contributed by atoms with Gasteiger partial charge in [0.2, 0.25) is 11.7 Å². The minimum atomic E-state index is -4.77. The summed E-state index contributed by atoms with van der Waals surface area (Å²) < 4.78 is 233. The summed E-state index contributed by atoms with van der Waals surface area (Å²) in [6.07, 6.45) is 40.8. The summed E-state index contributed by atoms with van der Waals surface area (Å²) in [4.78, 5) is 2.58. The van der Waals surface area contributed by atoms with Crippen molar-refractivity contribution >= 4 is 32.1 Å². The van der Waals surface area contributed by atoms with Gasteiger partial charge in [0.15, 0.2) is 58.2 Å². The van der Waals surface area contributed by atoms with E-state index < -0.39 is 130 Å². The van der Waals surface area contributed by atoms with Crippen LogP contribution < -0.4 is 10.9 Å². The van der Waals surface area contributed by atoms with Crippen molar-refractivity contribution in [1.29, 1.82) is 0 Å². The Morgan fingerprint density at radius 2 is 0.637 bits per heavy atom. The summed E-state index contributed by atoms with van der Waals surface area (Å²) >= 11 is -3.07. The lowest BCUT2D eigenvalue weighted by atomic mass is 9.24. The van der Waals surface area contributed by atoms with Crippen LogP contribution in [-0.4, -0.2) is 52.1 Å². The molecule has 19 heteroatoms. The van der Waals surface area contributed by atoms with Gasteiger partial charge in [-0.2, -0.15) is 4.39 Å². The fourth-order valence-electron chi connectivity index (χ4n) is 10.6. The predicted octanol–water partition coefficient (Wildman–Crippen LogP) is 20.1. The van der Waals surface area contributed by atoms with Gasteiger partial charge >= 0.3 is 14.5 Å². The average Bonchev–Trinajstić information content (AvgIpc) is 3.55. The van der Waals surface area contributed by atoms with E-state index >= 15 is 39.5 Å². The number of halogens is 15. The third kappa shape index (κ3) is 19.1. The van der Waals surface area contributed by atoms with Crippen LogP contribution in [0.4, 0.5) is 65.9 Å². The highest BCUT2D eigenvalue weighted by Crippen LogP contribution is 2.56. The van der Waals surface area contributed by atoms with Crippen molar-refractivity contribution < 1.29 is 69.6 Å². The van der Waals surface area contributed by atoms with Crippen molar-refractivity contribution in [3.63, 3.8) is 0 Å². The first kappa shape index (κ1) is 70.9. The highest BCUT2D eigenvalue weighted by Gasteiger charge is 2.66. The molecule has 0 aliphatic heterocycles. The number of nitrogens with zero attached hydrogens (tertiary/aromatic N) is 1. The largest absolute Gasteiger partial charge is 0.463 e. The molecule has 0 unspecified atom stereocenters. The van der Waals surface area contributed by atoms with Crippen LogP contribution in [0.25, 0.3) is 0 Å². The van der Waals surface area contributed by atoms with Gasteiger partial charge in [-0.3, -0.25) is 0 Å². The monoisotopic (exact) mass is 1170 g/mol. The molecule has 0 saturated carbocycles. The predicted molar refractivity (Wildman–Crippen MR) is 294 cm³/mol. The first-order valence-electron chi connectivity index (χ1n) is 29.5. The molecule has 1 aliphatic carbocycles. The van der Waals surface area contributed by atoms with Crippen LogP contribution in [0.5, 0.6) is 0 Å². The lowest BCUT2D eigenvalue weighted by Crippen LogP contribution is -2.65. The zero-order chi connectivity index (χ0) is 59.4. The van der Waals surface area contributed by atoms with Gasteiger partial charge in [0.25, 0.3) is 12.6 Å². The van der Waals surface area contributed by atoms with Gasteiger partial charge in [-0.1, -0.05) is 236 Å². The fraction of sp³-hybridized carbons (Fsp3) is 0.639. The standard InChI is InChI=1S/C33H69N.C24H5BF15O.2C2H5.Al/c1-4-6-8-10-12-14-16-18-20-22-24-26-28-30-32-34(3)33-31-29-27-25-23-21-19-17-15-13-11-9-7-5-2;26-9-7(10(27)14(31)17(34)13(9)30)25(8-11(28)15(32)18(35)16(33)12(8)29)23(6-4-2-1-3-5-6)19(36)21(38)24(40,41)22(39)20(23)37;2*1-2;/h4-33H2,1-3H3;1-5H;2*1H2,2H3;/q;-1;;;+1. The first-order chi connectivity index (χ1) is 38.3. The molecule has 4 rings (SSSR count). The van der Waals surface area contributed by atoms with Crippen LogP contribution in [0, 0.1) is 58.2 Å². The second-order valence-corrected chi connectivity index (χ2v) is 24.6. The molecule has 0 radical (unpaired) electrons. The summed E-state index contributed by atoms with van der Waals surface area (Å²) in [6.45, 7) is 5.83. The van der Waals surface area contributed by atoms with Gasteiger partial charge in [0, 0.05) is 10.9 Å². The highest BCUT2D eigenvalue weighted by molar-refractivity contribution is 6.89. The molecule has 0 atom stereocenters. The minimum absolute atomic E-state index is 0.104.